The van der Waals surface area contributed by atoms with E-state index in [9.17, 15) is 0 Å². The van der Waals surface area contributed by atoms with E-state index in [1.807, 2.05) is 54.1 Å². The first-order chi connectivity index (χ1) is 9.88. The topological polar surface area (TPSA) is 42.2 Å². The summed E-state index contributed by atoms with van der Waals surface area (Å²) in [6.45, 7) is 2.73. The number of aromatic nitrogens is 3. The average Bonchev–Trinajstić information content (AvgIpc) is 2.91. The molecular formula is C16H16N4. The SMILES string of the molecule is C/C=C\c1cnc2c(NCc3ccccc3)nccn12. The number of hydrogen-bond acceptors (Lipinski definition) is 3. The van der Waals surface area contributed by atoms with Crippen molar-refractivity contribution in [1.29, 1.82) is 0 Å². The van der Waals surface area contributed by atoms with Crippen LogP contribution in [0.25, 0.3) is 11.7 Å². The molecule has 20 heavy (non-hydrogen) atoms. The summed E-state index contributed by atoms with van der Waals surface area (Å²) in [5.41, 5.74) is 3.11. The third kappa shape index (κ3) is 2.40. The van der Waals surface area contributed by atoms with E-state index in [1.165, 1.54) is 5.56 Å². The van der Waals surface area contributed by atoms with E-state index in [0.717, 1.165) is 23.7 Å². The summed E-state index contributed by atoms with van der Waals surface area (Å²) >= 11 is 0. The van der Waals surface area contributed by atoms with Gasteiger partial charge in [-0.05, 0) is 18.6 Å². The molecule has 1 aromatic carbocycles. The van der Waals surface area contributed by atoms with Crippen LogP contribution in [0.2, 0.25) is 0 Å². The molecule has 1 N–H and O–H groups in total. The first kappa shape index (κ1) is 12.4. The largest absolute Gasteiger partial charge is 0.363 e. The summed E-state index contributed by atoms with van der Waals surface area (Å²) in [5.74, 6) is 0.798. The Morgan fingerprint density at radius 1 is 1.20 bits per heavy atom. The number of nitrogens with one attached hydrogen (secondary N) is 1. The van der Waals surface area contributed by atoms with Gasteiger partial charge in [0.2, 0.25) is 0 Å². The van der Waals surface area contributed by atoms with Gasteiger partial charge in [-0.25, -0.2) is 9.97 Å². The van der Waals surface area contributed by atoms with Gasteiger partial charge in [-0.2, -0.15) is 0 Å². The van der Waals surface area contributed by atoms with Gasteiger partial charge in [0.25, 0.3) is 0 Å². The molecule has 0 unspecified atom stereocenters. The maximum Gasteiger partial charge on any atom is 0.180 e. The van der Waals surface area contributed by atoms with Crippen LogP contribution in [-0.2, 0) is 6.54 Å². The molecule has 0 bridgehead atoms. The summed E-state index contributed by atoms with van der Waals surface area (Å²) < 4.78 is 2.03. The molecule has 0 amide bonds. The Morgan fingerprint density at radius 3 is 2.85 bits per heavy atom. The van der Waals surface area contributed by atoms with Gasteiger partial charge in [-0.1, -0.05) is 36.4 Å². The normalized spacial score (nSPS) is 11.2. The van der Waals surface area contributed by atoms with Crippen LogP contribution in [0.4, 0.5) is 5.82 Å². The molecule has 0 fully saturated rings. The summed E-state index contributed by atoms with van der Waals surface area (Å²) in [6.07, 6.45) is 9.59. The van der Waals surface area contributed by atoms with Gasteiger partial charge in [-0.15, -0.1) is 0 Å². The van der Waals surface area contributed by atoms with Crippen molar-refractivity contribution in [2.24, 2.45) is 0 Å². The molecule has 2 aromatic heterocycles. The van der Waals surface area contributed by atoms with Crippen LogP contribution in [0.5, 0.6) is 0 Å². The molecule has 4 nitrogen and oxygen atoms in total. The van der Waals surface area contributed by atoms with Gasteiger partial charge in [0.05, 0.1) is 11.9 Å². The number of allylic oxidation sites excluding steroid dienone is 1. The van der Waals surface area contributed by atoms with E-state index in [0.29, 0.717) is 0 Å². The molecule has 3 aromatic rings. The molecule has 0 atom stereocenters. The predicted octanol–water partition coefficient (Wildman–Crippen LogP) is 3.37. The Kier molecular flexibility index (Phi) is 3.46. The van der Waals surface area contributed by atoms with E-state index in [1.54, 1.807) is 6.20 Å². The second-order valence-corrected chi connectivity index (χ2v) is 4.49. The van der Waals surface area contributed by atoms with Crippen LogP contribution >= 0.6 is 0 Å². The second-order valence-electron chi connectivity index (χ2n) is 4.49. The highest BCUT2D eigenvalue weighted by atomic mass is 15.1. The Morgan fingerprint density at radius 2 is 2.05 bits per heavy atom. The Balaban J connectivity index is 1.88. The molecule has 0 saturated heterocycles. The molecule has 0 spiro atoms. The number of anilines is 1. The fourth-order valence-corrected chi connectivity index (χ4v) is 2.14. The monoisotopic (exact) mass is 264 g/mol. The van der Waals surface area contributed by atoms with Gasteiger partial charge in [0, 0.05) is 18.9 Å². The minimum Gasteiger partial charge on any atom is -0.363 e. The van der Waals surface area contributed by atoms with Crippen molar-refractivity contribution >= 4 is 17.5 Å². The molecule has 0 aliphatic rings. The van der Waals surface area contributed by atoms with E-state index in [4.69, 9.17) is 0 Å². The molecule has 0 radical (unpaired) electrons. The molecule has 2 heterocycles. The highest BCUT2D eigenvalue weighted by Crippen LogP contribution is 2.16. The molecule has 0 aliphatic carbocycles. The van der Waals surface area contributed by atoms with E-state index in [-0.39, 0.29) is 0 Å². The predicted molar refractivity (Wildman–Crippen MR) is 81.5 cm³/mol. The van der Waals surface area contributed by atoms with Crippen LogP contribution in [-0.4, -0.2) is 14.4 Å². The molecule has 3 rings (SSSR count). The van der Waals surface area contributed by atoms with Crippen LogP contribution in [0, 0.1) is 0 Å². The number of rotatable bonds is 4. The maximum absolute atomic E-state index is 4.44. The zero-order chi connectivity index (χ0) is 13.8. The zero-order valence-corrected chi connectivity index (χ0v) is 11.3. The third-order valence-corrected chi connectivity index (χ3v) is 3.10. The lowest BCUT2D eigenvalue weighted by Gasteiger charge is -2.07. The van der Waals surface area contributed by atoms with Gasteiger partial charge < -0.3 is 5.32 Å². The quantitative estimate of drug-likeness (QED) is 0.785. The lowest BCUT2D eigenvalue weighted by Crippen LogP contribution is -2.03. The summed E-state index contributed by atoms with van der Waals surface area (Å²) in [4.78, 5) is 8.81. The second kappa shape index (κ2) is 5.57. The van der Waals surface area contributed by atoms with Gasteiger partial charge in [-0.3, -0.25) is 4.40 Å². The fraction of sp³-hybridized carbons (Fsp3) is 0.125. The van der Waals surface area contributed by atoms with Crippen molar-refractivity contribution in [2.45, 2.75) is 13.5 Å². The fourth-order valence-electron chi connectivity index (χ4n) is 2.14. The number of imidazole rings is 1. The molecule has 0 saturated carbocycles. The van der Waals surface area contributed by atoms with Gasteiger partial charge >= 0.3 is 0 Å². The van der Waals surface area contributed by atoms with E-state index >= 15 is 0 Å². The number of hydrogen-bond donors (Lipinski definition) is 1. The summed E-state index contributed by atoms with van der Waals surface area (Å²) in [7, 11) is 0. The average molecular weight is 264 g/mol. The van der Waals surface area contributed by atoms with Crippen LogP contribution in [0.3, 0.4) is 0 Å². The molecule has 4 heteroatoms. The Bertz CT molecular complexity index is 729. The van der Waals surface area contributed by atoms with Crippen molar-refractivity contribution in [2.75, 3.05) is 5.32 Å². The Hall–Kier alpha value is -2.62. The zero-order valence-electron chi connectivity index (χ0n) is 11.3. The molecule has 100 valence electrons. The maximum atomic E-state index is 4.44. The molecule has 0 aliphatic heterocycles. The summed E-state index contributed by atoms with van der Waals surface area (Å²) in [6, 6.07) is 10.3. The van der Waals surface area contributed by atoms with Crippen LogP contribution < -0.4 is 5.32 Å². The highest BCUT2D eigenvalue weighted by Gasteiger charge is 2.06. The van der Waals surface area contributed by atoms with Crippen molar-refractivity contribution in [3.8, 4) is 0 Å². The smallest absolute Gasteiger partial charge is 0.180 e. The lowest BCUT2D eigenvalue weighted by molar-refractivity contribution is 1.06. The number of nitrogens with zero attached hydrogens (tertiary/aromatic N) is 3. The van der Waals surface area contributed by atoms with Crippen LogP contribution in [0.1, 0.15) is 18.2 Å². The first-order valence-electron chi connectivity index (χ1n) is 6.61. The first-order valence-corrected chi connectivity index (χ1v) is 6.61. The number of benzene rings is 1. The minimum atomic E-state index is 0.735. The highest BCUT2D eigenvalue weighted by molar-refractivity contribution is 5.65. The standard InChI is InChI=1S/C16H16N4/c1-2-6-14-12-19-16-15(17-9-10-20(14)16)18-11-13-7-4-3-5-8-13/h2-10,12H,11H2,1H3,(H,17,18)/b6-2-. The van der Waals surface area contributed by atoms with Crippen molar-refractivity contribution in [1.82, 2.24) is 14.4 Å². The van der Waals surface area contributed by atoms with E-state index < -0.39 is 0 Å². The Labute approximate surface area is 117 Å². The van der Waals surface area contributed by atoms with Crippen molar-refractivity contribution in [3.63, 3.8) is 0 Å². The lowest BCUT2D eigenvalue weighted by atomic mass is 10.2. The van der Waals surface area contributed by atoms with E-state index in [2.05, 4.69) is 27.4 Å². The third-order valence-electron chi connectivity index (χ3n) is 3.10. The van der Waals surface area contributed by atoms with Gasteiger partial charge in [0.15, 0.2) is 11.5 Å². The van der Waals surface area contributed by atoms with Crippen molar-refractivity contribution < 1.29 is 0 Å². The minimum absolute atomic E-state index is 0.735. The molecular weight excluding hydrogens is 248 g/mol. The van der Waals surface area contributed by atoms with Gasteiger partial charge in [0.1, 0.15) is 0 Å². The summed E-state index contributed by atoms with van der Waals surface area (Å²) in [5, 5.41) is 3.34. The number of fused-ring (bicyclic) bond motifs is 1. The van der Waals surface area contributed by atoms with Crippen LogP contribution in [0.15, 0.2) is 55.0 Å². The van der Waals surface area contributed by atoms with Crippen molar-refractivity contribution in [3.05, 3.63) is 66.3 Å².